The molecule has 0 spiro atoms. The molecule has 0 unspecified atom stereocenters. The highest BCUT2D eigenvalue weighted by Gasteiger charge is 2.39. The lowest BCUT2D eigenvalue weighted by molar-refractivity contribution is -0.141. The van der Waals surface area contributed by atoms with Crippen LogP contribution in [0.3, 0.4) is 0 Å². The predicted octanol–water partition coefficient (Wildman–Crippen LogP) is 2.70. The van der Waals surface area contributed by atoms with E-state index >= 15 is 0 Å². The molecule has 0 bridgehead atoms. The minimum Gasteiger partial charge on any atom is -0.352 e. The summed E-state index contributed by atoms with van der Waals surface area (Å²) < 4.78 is 39.0. The summed E-state index contributed by atoms with van der Waals surface area (Å²) in [5.41, 5.74) is -1.02. The van der Waals surface area contributed by atoms with Crippen LogP contribution in [0.1, 0.15) is 37.2 Å². The first kappa shape index (κ1) is 14.2. The van der Waals surface area contributed by atoms with Gasteiger partial charge in [-0.05, 0) is 26.7 Å². The van der Waals surface area contributed by atoms with Gasteiger partial charge in [0.05, 0.1) is 10.7 Å². The number of rotatable bonds is 3. The van der Waals surface area contributed by atoms with Gasteiger partial charge in [-0.1, -0.05) is 11.6 Å². The molecule has 1 N–H and O–H groups in total. The van der Waals surface area contributed by atoms with Crippen molar-refractivity contribution in [2.24, 2.45) is 0 Å². The summed E-state index contributed by atoms with van der Waals surface area (Å²) in [5, 5.41) is 5.69. The summed E-state index contributed by atoms with van der Waals surface area (Å²) in [6.45, 7) is 2.90. The highest BCUT2D eigenvalue weighted by molar-refractivity contribution is 6.32. The van der Waals surface area contributed by atoms with Gasteiger partial charge in [-0.3, -0.25) is 9.48 Å². The number of hydrogen-bond donors (Lipinski definition) is 1. The zero-order chi connectivity index (χ0) is 14.4. The highest BCUT2D eigenvalue weighted by atomic mass is 35.5. The second kappa shape index (κ2) is 4.70. The monoisotopic (exact) mass is 295 g/mol. The molecule has 8 heteroatoms. The summed E-state index contributed by atoms with van der Waals surface area (Å²) in [5.74, 6) is -0.349. The fraction of sp³-hybridized carbons (Fsp3) is 0.636. The lowest BCUT2D eigenvalue weighted by atomic mass is 10.3. The molecule has 0 aliphatic heterocycles. The van der Waals surface area contributed by atoms with E-state index < -0.39 is 22.9 Å². The van der Waals surface area contributed by atoms with Crippen molar-refractivity contribution in [3.8, 4) is 0 Å². The second-order valence-electron chi connectivity index (χ2n) is 4.65. The van der Waals surface area contributed by atoms with Crippen molar-refractivity contribution in [1.29, 1.82) is 0 Å². The fourth-order valence-corrected chi connectivity index (χ4v) is 1.95. The Morgan fingerprint density at radius 2 is 2.11 bits per heavy atom. The molecule has 0 saturated heterocycles. The van der Waals surface area contributed by atoms with E-state index in [1.54, 1.807) is 0 Å². The average molecular weight is 296 g/mol. The molecule has 1 aliphatic rings. The number of hydrogen-bond acceptors (Lipinski definition) is 2. The van der Waals surface area contributed by atoms with Crippen molar-refractivity contribution in [3.63, 3.8) is 0 Å². The van der Waals surface area contributed by atoms with Gasteiger partial charge in [-0.25, -0.2) is 0 Å². The van der Waals surface area contributed by atoms with Gasteiger partial charge < -0.3 is 5.32 Å². The molecule has 1 heterocycles. The lowest BCUT2D eigenvalue weighted by Crippen LogP contribution is -2.33. The summed E-state index contributed by atoms with van der Waals surface area (Å²) in [6, 6.07) is -0.683. The van der Waals surface area contributed by atoms with E-state index in [1.807, 2.05) is 0 Å². The van der Waals surface area contributed by atoms with E-state index in [2.05, 4.69) is 10.4 Å². The Labute approximate surface area is 112 Å². The number of alkyl halides is 3. The van der Waals surface area contributed by atoms with Crippen LogP contribution in [-0.2, 0) is 11.0 Å². The van der Waals surface area contributed by atoms with Gasteiger partial charge in [0.25, 0.3) is 0 Å². The molecule has 0 radical (unpaired) electrons. The van der Waals surface area contributed by atoms with Gasteiger partial charge >= 0.3 is 6.18 Å². The molecule has 0 aromatic carbocycles. The maximum atomic E-state index is 12.7. The molecule has 1 fully saturated rings. The van der Waals surface area contributed by atoms with Crippen molar-refractivity contribution in [2.75, 3.05) is 0 Å². The molecule has 19 heavy (non-hydrogen) atoms. The molecule has 1 saturated carbocycles. The van der Waals surface area contributed by atoms with Crippen LogP contribution in [-0.4, -0.2) is 21.7 Å². The Morgan fingerprint density at radius 3 is 2.53 bits per heavy atom. The van der Waals surface area contributed by atoms with E-state index in [-0.39, 0.29) is 17.6 Å². The Balaban J connectivity index is 2.26. The van der Waals surface area contributed by atoms with Gasteiger partial charge in [0, 0.05) is 6.04 Å². The SMILES string of the molecule is Cc1c(Cl)c(C(F)(F)F)nn1[C@H](C)C(=O)NC1CC1. The summed E-state index contributed by atoms with van der Waals surface area (Å²) in [6.07, 6.45) is -2.81. The first-order chi connectivity index (χ1) is 8.71. The first-order valence-corrected chi connectivity index (χ1v) is 6.21. The Hall–Kier alpha value is -1.24. The molecule has 1 aromatic rings. The number of halogens is 4. The van der Waals surface area contributed by atoms with Crippen molar-refractivity contribution >= 4 is 17.5 Å². The van der Waals surface area contributed by atoms with Crippen LogP contribution >= 0.6 is 11.6 Å². The quantitative estimate of drug-likeness (QED) is 0.932. The van der Waals surface area contributed by atoms with Crippen LogP contribution in [0.4, 0.5) is 13.2 Å². The highest BCUT2D eigenvalue weighted by Crippen LogP contribution is 2.36. The van der Waals surface area contributed by atoms with Crippen molar-refractivity contribution in [2.45, 2.75) is 44.9 Å². The molecular weight excluding hydrogens is 283 g/mol. The Morgan fingerprint density at radius 1 is 1.53 bits per heavy atom. The third-order valence-electron chi connectivity index (χ3n) is 3.02. The van der Waals surface area contributed by atoms with Crippen molar-refractivity contribution in [1.82, 2.24) is 15.1 Å². The zero-order valence-electron chi connectivity index (χ0n) is 10.4. The zero-order valence-corrected chi connectivity index (χ0v) is 11.1. The molecule has 1 aromatic heterocycles. The molecule has 1 aliphatic carbocycles. The lowest BCUT2D eigenvalue weighted by Gasteiger charge is -2.14. The fourth-order valence-electron chi connectivity index (χ4n) is 1.72. The first-order valence-electron chi connectivity index (χ1n) is 5.84. The van der Waals surface area contributed by atoms with E-state index in [0.29, 0.717) is 0 Å². The van der Waals surface area contributed by atoms with Crippen LogP contribution in [0, 0.1) is 6.92 Å². The third kappa shape index (κ3) is 2.86. The molecular formula is C11H13ClF3N3O. The van der Waals surface area contributed by atoms with Crippen LogP contribution in [0.2, 0.25) is 5.02 Å². The van der Waals surface area contributed by atoms with Crippen LogP contribution < -0.4 is 5.32 Å². The number of carbonyl (C=O) groups is 1. The second-order valence-corrected chi connectivity index (χ2v) is 5.03. The maximum Gasteiger partial charge on any atom is 0.436 e. The predicted molar refractivity (Wildman–Crippen MR) is 62.9 cm³/mol. The number of carbonyl (C=O) groups excluding carboxylic acids is 1. The summed E-state index contributed by atoms with van der Waals surface area (Å²) >= 11 is 5.63. The maximum absolute atomic E-state index is 12.7. The Bertz CT molecular complexity index is 508. The molecule has 106 valence electrons. The number of amides is 1. The van der Waals surface area contributed by atoms with Gasteiger partial charge in [-0.15, -0.1) is 0 Å². The van der Waals surface area contributed by atoms with E-state index in [4.69, 9.17) is 11.6 Å². The minimum absolute atomic E-state index is 0.132. The van der Waals surface area contributed by atoms with Crippen molar-refractivity contribution in [3.05, 3.63) is 16.4 Å². The number of aromatic nitrogens is 2. The van der Waals surface area contributed by atoms with Crippen LogP contribution in [0.15, 0.2) is 0 Å². The molecule has 1 atom stereocenters. The minimum atomic E-state index is -4.63. The molecule has 1 amide bonds. The van der Waals surface area contributed by atoms with E-state index in [0.717, 1.165) is 17.5 Å². The summed E-state index contributed by atoms with van der Waals surface area (Å²) in [4.78, 5) is 11.8. The number of nitrogens with zero attached hydrogens (tertiary/aromatic N) is 2. The van der Waals surface area contributed by atoms with Crippen LogP contribution in [0.5, 0.6) is 0 Å². The van der Waals surface area contributed by atoms with E-state index in [1.165, 1.54) is 13.8 Å². The smallest absolute Gasteiger partial charge is 0.352 e. The third-order valence-corrected chi connectivity index (χ3v) is 3.47. The van der Waals surface area contributed by atoms with Crippen molar-refractivity contribution < 1.29 is 18.0 Å². The van der Waals surface area contributed by atoms with E-state index in [9.17, 15) is 18.0 Å². The topological polar surface area (TPSA) is 46.9 Å². The van der Waals surface area contributed by atoms with Gasteiger partial charge in [-0.2, -0.15) is 18.3 Å². The Kier molecular flexibility index (Phi) is 3.51. The largest absolute Gasteiger partial charge is 0.436 e. The average Bonchev–Trinajstić information content (AvgIpc) is 3.05. The number of nitrogens with one attached hydrogen (secondary N) is 1. The molecule has 4 nitrogen and oxygen atoms in total. The standard InChI is InChI=1S/C11H13ClF3N3O/c1-5-8(12)9(11(13,14)15)17-18(5)6(2)10(19)16-7-3-4-7/h6-7H,3-4H2,1-2H3,(H,16,19)/t6-/m1/s1. The normalized spacial score (nSPS) is 17.4. The van der Waals surface area contributed by atoms with Gasteiger partial charge in [0.15, 0.2) is 5.69 Å². The molecule has 2 rings (SSSR count). The van der Waals surface area contributed by atoms with Gasteiger partial charge in [0.1, 0.15) is 6.04 Å². The van der Waals surface area contributed by atoms with Crippen LogP contribution in [0.25, 0.3) is 0 Å². The van der Waals surface area contributed by atoms with Gasteiger partial charge in [0.2, 0.25) is 5.91 Å². The summed E-state index contributed by atoms with van der Waals surface area (Å²) in [7, 11) is 0.